The molecule has 1 aliphatic heterocycles. The summed E-state index contributed by atoms with van der Waals surface area (Å²) >= 11 is 0. The average Bonchev–Trinajstić information content (AvgIpc) is 2.81. The predicted octanol–water partition coefficient (Wildman–Crippen LogP) is 1.58. The molecule has 4 heteroatoms. The first-order chi connectivity index (χ1) is 7.79. The molecule has 2 rings (SSSR count). The van der Waals surface area contributed by atoms with E-state index in [1.165, 1.54) is 12.1 Å². The highest BCUT2D eigenvalue weighted by Gasteiger charge is 2.14. The van der Waals surface area contributed by atoms with Gasteiger partial charge in [0.05, 0.1) is 18.3 Å². The summed E-state index contributed by atoms with van der Waals surface area (Å²) in [4.78, 5) is 0. The quantitative estimate of drug-likeness (QED) is 0.841. The monoisotopic (exact) mass is 220 g/mol. The molecule has 1 unspecified atom stereocenters. The minimum absolute atomic E-state index is 0.0747. The van der Waals surface area contributed by atoms with E-state index in [0.717, 1.165) is 25.1 Å². The first-order valence-corrected chi connectivity index (χ1v) is 5.30. The first kappa shape index (κ1) is 11.1. The second kappa shape index (κ2) is 5.06. The lowest BCUT2D eigenvalue weighted by Gasteiger charge is -2.10. The number of halogens is 1. The number of nitrogens with zero attached hydrogens (tertiary/aromatic N) is 1. The van der Waals surface area contributed by atoms with Crippen molar-refractivity contribution in [2.75, 3.05) is 13.1 Å². The molecule has 0 aromatic heterocycles. The summed E-state index contributed by atoms with van der Waals surface area (Å²) in [6.07, 6.45) is 1.24. The van der Waals surface area contributed by atoms with Crippen molar-refractivity contribution in [1.82, 2.24) is 5.32 Å². The molecule has 1 fully saturated rings. The van der Waals surface area contributed by atoms with Crippen LogP contribution in [0.2, 0.25) is 0 Å². The number of rotatable bonds is 3. The Hall–Kier alpha value is -1.44. The number of hydrogen-bond donors (Lipinski definition) is 1. The van der Waals surface area contributed by atoms with Gasteiger partial charge in [-0.15, -0.1) is 0 Å². The van der Waals surface area contributed by atoms with Crippen molar-refractivity contribution in [2.45, 2.75) is 19.1 Å². The van der Waals surface area contributed by atoms with E-state index in [1.54, 1.807) is 6.07 Å². The van der Waals surface area contributed by atoms with E-state index in [0.29, 0.717) is 6.61 Å². The van der Waals surface area contributed by atoms with Crippen LogP contribution >= 0.6 is 0 Å². The highest BCUT2D eigenvalue weighted by atomic mass is 19.1. The van der Waals surface area contributed by atoms with E-state index >= 15 is 0 Å². The lowest BCUT2D eigenvalue weighted by Crippen LogP contribution is -2.16. The number of ether oxygens (including phenoxy) is 1. The molecule has 0 saturated carbocycles. The standard InChI is InChI=1S/C12H13FN2O/c13-12-2-1-9(5-10(12)6-14)8-16-11-3-4-15-7-11/h1-2,5,11,15H,3-4,7-8H2. The molecular formula is C12H13FN2O. The van der Waals surface area contributed by atoms with Gasteiger partial charge >= 0.3 is 0 Å². The van der Waals surface area contributed by atoms with Crippen molar-refractivity contribution >= 4 is 0 Å². The van der Waals surface area contributed by atoms with Gasteiger partial charge in [-0.25, -0.2) is 4.39 Å². The molecule has 0 bridgehead atoms. The minimum atomic E-state index is -0.478. The van der Waals surface area contributed by atoms with Crippen molar-refractivity contribution in [3.63, 3.8) is 0 Å². The summed E-state index contributed by atoms with van der Waals surface area (Å²) < 4.78 is 18.7. The van der Waals surface area contributed by atoms with Gasteiger partial charge in [-0.2, -0.15) is 5.26 Å². The summed E-state index contributed by atoms with van der Waals surface area (Å²) in [6.45, 7) is 2.28. The van der Waals surface area contributed by atoms with Crippen molar-refractivity contribution in [1.29, 1.82) is 5.26 Å². The summed E-state index contributed by atoms with van der Waals surface area (Å²) in [5, 5.41) is 11.9. The topological polar surface area (TPSA) is 45.0 Å². The first-order valence-electron chi connectivity index (χ1n) is 5.30. The minimum Gasteiger partial charge on any atom is -0.372 e. The van der Waals surface area contributed by atoms with Gasteiger partial charge in [-0.05, 0) is 30.7 Å². The molecule has 84 valence electrons. The van der Waals surface area contributed by atoms with Crippen molar-refractivity contribution < 1.29 is 9.13 Å². The normalized spacial score (nSPS) is 19.6. The van der Waals surface area contributed by atoms with Crippen LogP contribution in [-0.4, -0.2) is 19.2 Å². The van der Waals surface area contributed by atoms with Crippen LogP contribution in [0, 0.1) is 17.1 Å². The average molecular weight is 220 g/mol. The lowest BCUT2D eigenvalue weighted by molar-refractivity contribution is 0.0542. The van der Waals surface area contributed by atoms with Crippen molar-refractivity contribution in [3.8, 4) is 6.07 Å². The highest BCUT2D eigenvalue weighted by molar-refractivity contribution is 5.34. The van der Waals surface area contributed by atoms with Gasteiger partial charge in [-0.3, -0.25) is 0 Å². The molecule has 0 spiro atoms. The summed E-state index contributed by atoms with van der Waals surface area (Å²) in [5.74, 6) is -0.478. The fourth-order valence-electron chi connectivity index (χ4n) is 1.73. The van der Waals surface area contributed by atoms with E-state index in [4.69, 9.17) is 10.00 Å². The summed E-state index contributed by atoms with van der Waals surface area (Å²) in [6, 6.07) is 6.32. The zero-order chi connectivity index (χ0) is 11.4. The molecule has 1 saturated heterocycles. The largest absolute Gasteiger partial charge is 0.372 e. The van der Waals surface area contributed by atoms with E-state index in [9.17, 15) is 4.39 Å². The molecule has 0 amide bonds. The molecule has 1 aromatic carbocycles. The van der Waals surface area contributed by atoms with Gasteiger partial charge in [-0.1, -0.05) is 6.07 Å². The number of nitrogens with one attached hydrogen (secondary N) is 1. The molecular weight excluding hydrogens is 207 g/mol. The lowest BCUT2D eigenvalue weighted by atomic mass is 10.1. The molecule has 16 heavy (non-hydrogen) atoms. The van der Waals surface area contributed by atoms with Crippen LogP contribution < -0.4 is 5.32 Å². The maximum absolute atomic E-state index is 13.0. The third kappa shape index (κ3) is 2.57. The van der Waals surface area contributed by atoms with Crippen LogP contribution in [0.4, 0.5) is 4.39 Å². The molecule has 0 radical (unpaired) electrons. The van der Waals surface area contributed by atoms with Gasteiger partial charge in [0, 0.05) is 6.54 Å². The Morgan fingerprint density at radius 3 is 3.12 bits per heavy atom. The molecule has 3 nitrogen and oxygen atoms in total. The van der Waals surface area contributed by atoms with E-state index in [-0.39, 0.29) is 11.7 Å². The molecule has 0 aliphatic carbocycles. The third-order valence-corrected chi connectivity index (χ3v) is 2.65. The Morgan fingerprint density at radius 2 is 2.44 bits per heavy atom. The Morgan fingerprint density at radius 1 is 1.56 bits per heavy atom. The van der Waals surface area contributed by atoms with Crippen molar-refractivity contribution in [3.05, 3.63) is 35.1 Å². The van der Waals surface area contributed by atoms with Crippen LogP contribution in [0.15, 0.2) is 18.2 Å². The zero-order valence-electron chi connectivity index (χ0n) is 8.87. The summed E-state index contributed by atoms with van der Waals surface area (Å²) in [5.41, 5.74) is 0.912. The predicted molar refractivity (Wildman–Crippen MR) is 57.2 cm³/mol. The van der Waals surface area contributed by atoms with Crippen LogP contribution in [0.25, 0.3) is 0 Å². The molecule has 1 aliphatic rings. The van der Waals surface area contributed by atoms with Gasteiger partial charge in [0.2, 0.25) is 0 Å². The number of benzene rings is 1. The van der Waals surface area contributed by atoms with Gasteiger partial charge in [0.25, 0.3) is 0 Å². The number of hydrogen-bond acceptors (Lipinski definition) is 3. The SMILES string of the molecule is N#Cc1cc(COC2CCNC2)ccc1F. The fraction of sp³-hybridized carbons (Fsp3) is 0.417. The Bertz CT molecular complexity index is 408. The highest BCUT2D eigenvalue weighted by Crippen LogP contribution is 2.12. The molecule has 1 aromatic rings. The van der Waals surface area contributed by atoms with Crippen LogP contribution in [0.3, 0.4) is 0 Å². The number of nitriles is 1. The van der Waals surface area contributed by atoms with E-state index in [2.05, 4.69) is 5.32 Å². The Labute approximate surface area is 93.8 Å². The maximum Gasteiger partial charge on any atom is 0.140 e. The second-order valence-corrected chi connectivity index (χ2v) is 3.85. The second-order valence-electron chi connectivity index (χ2n) is 3.85. The molecule has 1 N–H and O–H groups in total. The third-order valence-electron chi connectivity index (χ3n) is 2.65. The van der Waals surface area contributed by atoms with Crippen molar-refractivity contribution in [2.24, 2.45) is 0 Å². The van der Waals surface area contributed by atoms with Gasteiger partial charge < -0.3 is 10.1 Å². The van der Waals surface area contributed by atoms with Crippen LogP contribution in [-0.2, 0) is 11.3 Å². The molecule has 1 atom stereocenters. The fourth-order valence-corrected chi connectivity index (χ4v) is 1.73. The maximum atomic E-state index is 13.0. The smallest absolute Gasteiger partial charge is 0.140 e. The van der Waals surface area contributed by atoms with Crippen LogP contribution in [0.1, 0.15) is 17.5 Å². The Balaban J connectivity index is 1.96. The Kier molecular flexibility index (Phi) is 3.50. The van der Waals surface area contributed by atoms with Gasteiger partial charge in [0.15, 0.2) is 0 Å². The zero-order valence-corrected chi connectivity index (χ0v) is 8.87. The van der Waals surface area contributed by atoms with E-state index in [1.807, 2.05) is 6.07 Å². The summed E-state index contributed by atoms with van der Waals surface area (Å²) in [7, 11) is 0. The van der Waals surface area contributed by atoms with E-state index < -0.39 is 5.82 Å². The van der Waals surface area contributed by atoms with Crippen LogP contribution in [0.5, 0.6) is 0 Å². The van der Waals surface area contributed by atoms with Gasteiger partial charge in [0.1, 0.15) is 11.9 Å². The molecule has 1 heterocycles.